The number of nitrogens with zero attached hydrogens (tertiary/aromatic N) is 2. The topological polar surface area (TPSA) is 96.0 Å². The largest absolute Gasteiger partial charge is 0.497 e. The molecule has 42 heavy (non-hydrogen) atoms. The molecule has 8 nitrogen and oxygen atoms in total. The predicted molar refractivity (Wildman–Crippen MR) is 160 cm³/mol. The van der Waals surface area contributed by atoms with Gasteiger partial charge in [-0.25, -0.2) is 12.8 Å². The zero-order chi connectivity index (χ0) is 30.3. The van der Waals surface area contributed by atoms with E-state index >= 15 is 0 Å². The molecule has 1 aliphatic rings. The van der Waals surface area contributed by atoms with Gasteiger partial charge in [0.25, 0.3) is 10.0 Å². The van der Waals surface area contributed by atoms with Gasteiger partial charge in [-0.15, -0.1) is 0 Å². The quantitative estimate of drug-likeness (QED) is 0.310. The van der Waals surface area contributed by atoms with Gasteiger partial charge in [0.05, 0.1) is 17.7 Å². The fourth-order valence-corrected chi connectivity index (χ4v) is 6.60. The number of methoxy groups -OCH3 is 1. The summed E-state index contributed by atoms with van der Waals surface area (Å²) >= 11 is 0. The van der Waals surface area contributed by atoms with Crippen molar-refractivity contribution >= 4 is 27.5 Å². The molecule has 10 heteroatoms. The highest BCUT2D eigenvalue weighted by Gasteiger charge is 2.34. The summed E-state index contributed by atoms with van der Waals surface area (Å²) in [5.74, 6) is -0.723. The van der Waals surface area contributed by atoms with Gasteiger partial charge in [0.1, 0.15) is 24.2 Å². The Hall–Kier alpha value is -3.92. The van der Waals surface area contributed by atoms with Crippen LogP contribution < -0.4 is 14.4 Å². The van der Waals surface area contributed by atoms with Crippen molar-refractivity contribution < 1.29 is 27.1 Å². The van der Waals surface area contributed by atoms with Crippen LogP contribution in [0.15, 0.2) is 77.7 Å². The highest BCUT2D eigenvalue weighted by molar-refractivity contribution is 7.92. The lowest BCUT2D eigenvalue weighted by atomic mass is 10.1. The van der Waals surface area contributed by atoms with E-state index in [0.717, 1.165) is 35.6 Å². The Morgan fingerprint density at radius 2 is 1.60 bits per heavy atom. The minimum absolute atomic E-state index is 0.0107. The maximum Gasteiger partial charge on any atom is 0.264 e. The number of halogens is 1. The van der Waals surface area contributed by atoms with Crippen molar-refractivity contribution in [1.82, 2.24) is 10.2 Å². The lowest BCUT2D eigenvalue weighted by Crippen LogP contribution is -2.53. The molecule has 0 bridgehead atoms. The Bertz CT molecular complexity index is 1460. The fourth-order valence-electron chi connectivity index (χ4n) is 5.19. The normalized spacial score (nSPS) is 14.3. The number of rotatable bonds is 12. The lowest BCUT2D eigenvalue weighted by molar-refractivity contribution is -0.140. The second-order valence-corrected chi connectivity index (χ2v) is 12.4. The van der Waals surface area contributed by atoms with Gasteiger partial charge in [0, 0.05) is 12.6 Å². The maximum absolute atomic E-state index is 14.1. The van der Waals surface area contributed by atoms with Crippen LogP contribution in [-0.4, -0.2) is 50.9 Å². The van der Waals surface area contributed by atoms with Crippen molar-refractivity contribution in [1.29, 1.82) is 0 Å². The molecule has 3 aromatic carbocycles. The third-order valence-electron chi connectivity index (χ3n) is 7.60. The molecule has 1 atom stereocenters. The summed E-state index contributed by atoms with van der Waals surface area (Å²) in [5.41, 5.74) is 1.79. The van der Waals surface area contributed by atoms with Crippen molar-refractivity contribution in [2.45, 2.75) is 69.5 Å². The van der Waals surface area contributed by atoms with E-state index in [0.29, 0.717) is 17.7 Å². The van der Waals surface area contributed by atoms with Crippen molar-refractivity contribution in [3.63, 3.8) is 0 Å². The third-order valence-corrected chi connectivity index (χ3v) is 9.39. The van der Waals surface area contributed by atoms with Crippen LogP contribution in [-0.2, 0) is 26.2 Å². The van der Waals surface area contributed by atoms with Crippen LogP contribution >= 0.6 is 0 Å². The van der Waals surface area contributed by atoms with E-state index in [1.807, 2.05) is 13.8 Å². The number of hydrogen-bond acceptors (Lipinski definition) is 5. The number of sulfonamides is 1. The Labute approximate surface area is 247 Å². The second kappa shape index (κ2) is 13.8. The highest BCUT2D eigenvalue weighted by atomic mass is 32.2. The summed E-state index contributed by atoms with van der Waals surface area (Å²) in [6, 6.07) is 17.7. The second-order valence-electron chi connectivity index (χ2n) is 10.6. The maximum atomic E-state index is 14.1. The average molecular weight is 596 g/mol. The summed E-state index contributed by atoms with van der Waals surface area (Å²) in [6.07, 6.45) is 4.16. The van der Waals surface area contributed by atoms with Gasteiger partial charge in [-0.1, -0.05) is 49.6 Å². The van der Waals surface area contributed by atoms with Crippen LogP contribution in [0.3, 0.4) is 0 Å². The predicted octanol–water partition coefficient (Wildman–Crippen LogP) is 5.20. The van der Waals surface area contributed by atoms with Crippen LogP contribution in [0.25, 0.3) is 0 Å². The standard InChI is InChI=1S/C32H38FN3O5S/c1-4-30(32(38)34-26-7-5-6-8-26)35(21-24-11-13-25(33)14-12-24)31(37)22-36(27-15-17-28(41-3)18-16-27)42(39,40)29-19-9-23(2)10-20-29/h9-20,26,30H,4-8,21-22H2,1-3H3,(H,34,38). The molecule has 3 aromatic rings. The first-order chi connectivity index (χ1) is 20.1. The van der Waals surface area contributed by atoms with E-state index in [1.54, 1.807) is 48.5 Å². The number of carbonyl (C=O) groups is 2. The van der Waals surface area contributed by atoms with E-state index in [4.69, 9.17) is 4.74 Å². The monoisotopic (exact) mass is 595 g/mol. The molecular formula is C32H38FN3O5S. The lowest BCUT2D eigenvalue weighted by Gasteiger charge is -2.33. The zero-order valence-corrected chi connectivity index (χ0v) is 25.1. The van der Waals surface area contributed by atoms with Crippen molar-refractivity contribution in [3.8, 4) is 5.75 Å². The van der Waals surface area contributed by atoms with Gasteiger partial charge >= 0.3 is 0 Å². The Morgan fingerprint density at radius 3 is 2.17 bits per heavy atom. The minimum Gasteiger partial charge on any atom is -0.497 e. The summed E-state index contributed by atoms with van der Waals surface area (Å²) in [5, 5.41) is 3.08. The van der Waals surface area contributed by atoms with E-state index in [-0.39, 0.29) is 29.1 Å². The molecule has 1 saturated carbocycles. The van der Waals surface area contributed by atoms with Gasteiger partial charge in [-0.05, 0) is 80.3 Å². The van der Waals surface area contributed by atoms with Gasteiger partial charge in [0.15, 0.2) is 0 Å². The first-order valence-electron chi connectivity index (χ1n) is 14.2. The number of nitrogens with one attached hydrogen (secondary N) is 1. The van der Waals surface area contributed by atoms with Crippen LogP contribution in [0.4, 0.5) is 10.1 Å². The number of anilines is 1. The van der Waals surface area contributed by atoms with Crippen molar-refractivity contribution in [2.24, 2.45) is 0 Å². The third kappa shape index (κ3) is 7.47. The van der Waals surface area contributed by atoms with Crippen LogP contribution in [0.2, 0.25) is 0 Å². The highest BCUT2D eigenvalue weighted by Crippen LogP contribution is 2.27. The van der Waals surface area contributed by atoms with E-state index in [9.17, 15) is 22.4 Å². The molecule has 1 N–H and O–H groups in total. The Kier molecular flexibility index (Phi) is 10.2. The molecule has 0 heterocycles. The van der Waals surface area contributed by atoms with Gasteiger partial charge in [-0.2, -0.15) is 0 Å². The number of amides is 2. The number of benzene rings is 3. The van der Waals surface area contributed by atoms with Crippen LogP contribution in [0.5, 0.6) is 5.75 Å². The zero-order valence-electron chi connectivity index (χ0n) is 24.3. The Morgan fingerprint density at radius 1 is 0.976 bits per heavy atom. The van der Waals surface area contributed by atoms with E-state index in [2.05, 4.69) is 5.32 Å². The molecule has 224 valence electrons. The molecule has 1 fully saturated rings. The molecular weight excluding hydrogens is 557 g/mol. The number of hydrogen-bond donors (Lipinski definition) is 1. The van der Waals surface area contributed by atoms with Gasteiger partial charge in [0.2, 0.25) is 11.8 Å². The van der Waals surface area contributed by atoms with Crippen LogP contribution in [0, 0.1) is 12.7 Å². The summed E-state index contributed by atoms with van der Waals surface area (Å²) in [7, 11) is -2.67. The number of aryl methyl sites for hydroxylation is 1. The minimum atomic E-state index is -4.17. The average Bonchev–Trinajstić information content (AvgIpc) is 3.50. The molecule has 4 rings (SSSR count). The van der Waals surface area contributed by atoms with Crippen molar-refractivity contribution in [2.75, 3.05) is 18.0 Å². The fraction of sp³-hybridized carbons (Fsp3) is 0.375. The summed E-state index contributed by atoms with van der Waals surface area (Å²) < 4.78 is 47.9. The molecule has 0 aliphatic heterocycles. The molecule has 0 saturated heterocycles. The smallest absolute Gasteiger partial charge is 0.264 e. The summed E-state index contributed by atoms with van der Waals surface area (Å²) in [4.78, 5) is 29.1. The SMILES string of the molecule is CCC(C(=O)NC1CCCC1)N(Cc1ccc(F)cc1)C(=O)CN(c1ccc(OC)cc1)S(=O)(=O)c1ccc(C)cc1. The molecule has 1 unspecified atom stereocenters. The van der Waals surface area contributed by atoms with Gasteiger partial charge in [-0.3, -0.25) is 13.9 Å². The summed E-state index contributed by atoms with van der Waals surface area (Å²) in [6.45, 7) is 3.14. The van der Waals surface area contributed by atoms with Crippen molar-refractivity contribution in [3.05, 3.63) is 89.7 Å². The first-order valence-corrected chi connectivity index (χ1v) is 15.6. The Balaban J connectivity index is 1.71. The van der Waals surface area contributed by atoms with Gasteiger partial charge < -0.3 is 15.0 Å². The molecule has 0 radical (unpaired) electrons. The van der Waals surface area contributed by atoms with E-state index in [1.165, 1.54) is 36.3 Å². The number of carbonyl (C=O) groups excluding carboxylic acids is 2. The van der Waals surface area contributed by atoms with Crippen LogP contribution in [0.1, 0.15) is 50.2 Å². The number of ether oxygens (including phenoxy) is 1. The molecule has 0 aromatic heterocycles. The molecule has 2 amide bonds. The first kappa shape index (κ1) is 31.0. The molecule has 1 aliphatic carbocycles. The molecule has 0 spiro atoms. The van der Waals surface area contributed by atoms with E-state index < -0.39 is 34.3 Å².